The van der Waals surface area contributed by atoms with Crippen LogP contribution in [-0.4, -0.2) is 70.8 Å². The number of benzene rings is 4. The predicted molar refractivity (Wildman–Crippen MR) is 282 cm³/mol. The lowest BCUT2D eigenvalue weighted by Gasteiger charge is -2.15. The van der Waals surface area contributed by atoms with Crippen molar-refractivity contribution < 1.29 is 53.4 Å². The lowest BCUT2D eigenvalue weighted by Crippen LogP contribution is -2.21. The monoisotopic (exact) mass is 1120 g/mol. The molecule has 4 aromatic heterocycles. The van der Waals surface area contributed by atoms with Crippen molar-refractivity contribution >= 4 is 82.6 Å². The maximum Gasteiger partial charge on any atom is 0.485 e. The third-order valence-electron chi connectivity index (χ3n) is 10.7. The number of nitrogens with zero attached hydrogens (tertiary/aromatic N) is 4. The van der Waals surface area contributed by atoms with Crippen LogP contribution >= 0.6 is 15.9 Å². The van der Waals surface area contributed by atoms with Crippen LogP contribution in [0.2, 0.25) is 0 Å². The Hall–Kier alpha value is -7.38. The van der Waals surface area contributed by atoms with Crippen LogP contribution in [0.4, 0.5) is 20.4 Å². The number of halogens is 3. The van der Waals surface area contributed by atoms with E-state index in [0.717, 1.165) is 38.9 Å². The number of anilines is 2. The zero-order valence-electron chi connectivity index (χ0n) is 40.4. The van der Waals surface area contributed by atoms with Crippen LogP contribution in [0.5, 0.6) is 11.5 Å². The lowest BCUT2D eigenvalue weighted by molar-refractivity contribution is 0.201. The Bertz CT molecular complexity index is 3590. The van der Waals surface area contributed by atoms with Gasteiger partial charge in [0.25, 0.3) is 31.2 Å². The van der Waals surface area contributed by atoms with Gasteiger partial charge in [0.15, 0.2) is 11.6 Å². The zero-order valence-corrected chi connectivity index (χ0v) is 43.6. The van der Waals surface area contributed by atoms with Crippen LogP contribution < -0.4 is 30.0 Å². The second kappa shape index (κ2) is 25.5. The quantitative estimate of drug-likeness (QED) is 0.0535. The summed E-state index contributed by atoms with van der Waals surface area (Å²) in [6.07, 6.45) is 8.29. The summed E-state index contributed by atoms with van der Waals surface area (Å²) in [6, 6.07) is 21.8. The first-order chi connectivity index (χ1) is 35.5. The standard InChI is InChI=1S/C21H16FN3O5S.C19H13BrFN3O5S.C10H21BO2/c1-3-13-11-19(29-2)18(12-16(13)22)25-17-6-5-15(10-14(17)4-7-21(25)26)31(27,28)24-20-8-9-30-23-20;1-28-17-9-13(20)14(21)10-16(17)24-15-4-3-12(8-11(15)2-5-19(24)25)30(26,27)23-18-6-7-29-22-18;1-4-7-9-12-11(6-3)13-10-8-5-2/h3-12H,1H2,2H3,(H,23,24);2-10H,1H3,(H,22,23);6H,3-5,7-10H2,1-2H3. The van der Waals surface area contributed by atoms with Gasteiger partial charge in [0, 0.05) is 65.9 Å². The Kier molecular flexibility index (Phi) is 19.3. The SMILES string of the molecule is C=CB(OCCCC)OCCCC.C=Cc1cc(OC)c(-n2c(=O)ccc3cc(S(=O)(=O)Nc4ccon4)ccc32)cc1F.COc1cc(Br)c(F)cc1-n1c(=O)ccc2cc(S(=O)(=O)Nc3ccon3)ccc21. The number of hydrogen-bond donors (Lipinski definition) is 2. The number of ether oxygens (including phenoxy) is 2. The van der Waals surface area contributed by atoms with Crippen molar-refractivity contribution in [2.75, 3.05) is 36.9 Å². The third kappa shape index (κ3) is 13.6. The van der Waals surface area contributed by atoms with Crippen molar-refractivity contribution in [2.24, 2.45) is 0 Å². The number of hydrogen-bond acceptors (Lipinski definition) is 14. The number of methoxy groups -OCH3 is 2. The van der Waals surface area contributed by atoms with Gasteiger partial charge in [0.1, 0.15) is 35.7 Å². The summed E-state index contributed by atoms with van der Waals surface area (Å²) in [5.74, 6) is 1.16. The molecule has 8 aromatic rings. The number of unbranched alkanes of at least 4 members (excludes halogenated alkanes) is 2. The smallest absolute Gasteiger partial charge is 0.485 e. The molecule has 0 radical (unpaired) electrons. The van der Waals surface area contributed by atoms with E-state index in [1.54, 1.807) is 5.98 Å². The topological polar surface area (TPSA) is 225 Å². The lowest BCUT2D eigenvalue weighted by atomic mass is 9.91. The van der Waals surface area contributed by atoms with E-state index in [4.69, 9.17) is 18.8 Å². The largest absolute Gasteiger partial charge is 0.495 e. The molecule has 0 fully saturated rings. The molecule has 0 aliphatic rings. The first kappa shape index (κ1) is 55.9. The number of pyridine rings is 2. The predicted octanol–water partition coefficient (Wildman–Crippen LogP) is 10.1. The van der Waals surface area contributed by atoms with Gasteiger partial charge < -0.3 is 27.8 Å². The molecule has 0 aliphatic carbocycles. The molecule has 0 saturated heterocycles. The molecule has 4 aromatic carbocycles. The van der Waals surface area contributed by atoms with Crippen LogP contribution in [0.15, 0.2) is 162 Å². The van der Waals surface area contributed by atoms with Gasteiger partial charge in [-0.2, -0.15) is 0 Å². The summed E-state index contributed by atoms with van der Waals surface area (Å²) in [5, 5.41) is 7.94. The first-order valence-corrected chi connectivity index (χ1v) is 26.3. The van der Waals surface area contributed by atoms with Gasteiger partial charge in [0.05, 0.1) is 50.9 Å². The van der Waals surface area contributed by atoms with E-state index < -0.39 is 42.8 Å². The maximum atomic E-state index is 14.4. The Labute approximate surface area is 433 Å². The molecule has 18 nitrogen and oxygen atoms in total. The highest BCUT2D eigenvalue weighted by molar-refractivity contribution is 9.10. The first-order valence-electron chi connectivity index (χ1n) is 22.6. The van der Waals surface area contributed by atoms with Crippen molar-refractivity contribution in [3.8, 4) is 22.9 Å². The number of nitrogens with one attached hydrogen (secondary N) is 2. The Morgan fingerprint density at radius 1 is 0.662 bits per heavy atom. The summed E-state index contributed by atoms with van der Waals surface area (Å²) >= 11 is 3.09. The average Bonchev–Trinajstić information content (AvgIpc) is 4.11. The summed E-state index contributed by atoms with van der Waals surface area (Å²) in [4.78, 5) is 25.2. The van der Waals surface area contributed by atoms with Crippen LogP contribution in [0.1, 0.15) is 45.1 Å². The van der Waals surface area contributed by atoms with Gasteiger partial charge >= 0.3 is 7.12 Å². The zero-order chi connectivity index (χ0) is 53.6. The molecule has 0 atom stereocenters. The van der Waals surface area contributed by atoms with Crippen LogP contribution in [0, 0.1) is 11.6 Å². The van der Waals surface area contributed by atoms with Gasteiger partial charge in [0.2, 0.25) is 0 Å². The molecule has 0 unspecified atom stereocenters. The number of fused-ring (bicyclic) bond motifs is 2. The van der Waals surface area contributed by atoms with E-state index in [2.05, 4.69) is 71.7 Å². The van der Waals surface area contributed by atoms with Gasteiger partial charge in [-0.15, -0.1) is 6.58 Å². The van der Waals surface area contributed by atoms with Gasteiger partial charge in [-0.3, -0.25) is 28.2 Å². The molecule has 388 valence electrons. The highest BCUT2D eigenvalue weighted by Gasteiger charge is 2.21. The molecule has 0 aliphatic heterocycles. The van der Waals surface area contributed by atoms with E-state index in [0.29, 0.717) is 21.8 Å². The van der Waals surface area contributed by atoms with Gasteiger partial charge in [-0.25, -0.2) is 25.6 Å². The molecule has 8 rings (SSSR count). The van der Waals surface area contributed by atoms with Crippen molar-refractivity contribution in [2.45, 2.75) is 49.3 Å². The van der Waals surface area contributed by atoms with Gasteiger partial charge in [-0.1, -0.05) is 55.6 Å². The van der Waals surface area contributed by atoms with E-state index in [-0.39, 0.29) is 61.5 Å². The highest BCUT2D eigenvalue weighted by atomic mass is 79.9. The molecule has 0 saturated carbocycles. The Balaban J connectivity index is 0.000000196. The van der Waals surface area contributed by atoms with Crippen LogP contribution in [-0.2, 0) is 29.4 Å². The molecular formula is C50H50BBrF2N6O12S2. The third-order valence-corrected chi connectivity index (χ3v) is 14.0. The molecule has 24 heteroatoms. The second-order valence-corrected chi connectivity index (χ2v) is 19.9. The molecule has 4 heterocycles. The summed E-state index contributed by atoms with van der Waals surface area (Å²) in [5.41, 5.74) is 0.468. The Morgan fingerprint density at radius 3 is 1.53 bits per heavy atom. The number of aromatic nitrogens is 4. The van der Waals surface area contributed by atoms with E-state index in [9.17, 15) is 35.2 Å². The fourth-order valence-electron chi connectivity index (χ4n) is 6.98. The molecule has 2 N–H and O–H groups in total. The minimum absolute atomic E-state index is 0.0348. The van der Waals surface area contributed by atoms with Crippen molar-refractivity contribution in [3.05, 3.63) is 171 Å². The minimum Gasteiger partial charge on any atom is -0.495 e. The van der Waals surface area contributed by atoms with E-state index >= 15 is 0 Å². The van der Waals surface area contributed by atoms with Crippen LogP contribution in [0.25, 0.3) is 39.3 Å². The van der Waals surface area contributed by atoms with E-state index in [1.807, 2.05) is 0 Å². The normalized spacial score (nSPS) is 11.2. The average molecular weight is 1120 g/mol. The Morgan fingerprint density at radius 2 is 1.12 bits per heavy atom. The number of rotatable bonds is 20. The minimum atomic E-state index is -3.95. The fourth-order valence-corrected chi connectivity index (χ4v) is 9.36. The molecule has 74 heavy (non-hydrogen) atoms. The molecule has 0 spiro atoms. The molecule has 0 amide bonds. The molecular weight excluding hydrogens is 1070 g/mol. The molecule has 0 bridgehead atoms. The second-order valence-electron chi connectivity index (χ2n) is 15.7. The van der Waals surface area contributed by atoms with Crippen molar-refractivity contribution in [3.63, 3.8) is 0 Å². The number of sulfonamides is 2. The van der Waals surface area contributed by atoms with Crippen molar-refractivity contribution in [1.82, 2.24) is 19.4 Å². The summed E-state index contributed by atoms with van der Waals surface area (Å²) < 4.78 is 117. The maximum absolute atomic E-state index is 14.4. The van der Waals surface area contributed by atoms with E-state index in [1.165, 1.54) is 139 Å². The highest BCUT2D eigenvalue weighted by Crippen LogP contribution is 2.32. The summed E-state index contributed by atoms with van der Waals surface area (Å²) in [6.45, 7) is 13.0. The van der Waals surface area contributed by atoms with Crippen molar-refractivity contribution in [1.29, 1.82) is 0 Å². The van der Waals surface area contributed by atoms with Gasteiger partial charge in [-0.05, 0) is 89.4 Å². The van der Waals surface area contributed by atoms with Crippen LogP contribution in [0.3, 0.4) is 0 Å². The fraction of sp³-hybridized carbons (Fsp3) is 0.200. The summed E-state index contributed by atoms with van der Waals surface area (Å²) in [7, 11) is -5.29.